The summed E-state index contributed by atoms with van der Waals surface area (Å²) in [5.41, 5.74) is 3.18. The average molecular weight is 277 g/mol. The molecule has 4 nitrogen and oxygen atoms in total. The van der Waals surface area contributed by atoms with Crippen molar-refractivity contribution in [3.63, 3.8) is 0 Å². The Kier molecular flexibility index (Phi) is 5.15. The molecule has 0 fully saturated rings. The molecule has 0 saturated carbocycles. The molecule has 1 amide bonds. The van der Waals surface area contributed by atoms with Gasteiger partial charge in [-0.25, -0.2) is 0 Å². The summed E-state index contributed by atoms with van der Waals surface area (Å²) in [5.74, 6) is 0.224. The third-order valence-electron chi connectivity index (χ3n) is 3.76. The number of hydrogen-bond donors (Lipinski definition) is 1. The molecule has 1 atom stereocenters. The van der Waals surface area contributed by atoms with Gasteiger partial charge in [0.25, 0.3) is 0 Å². The van der Waals surface area contributed by atoms with Gasteiger partial charge in [0, 0.05) is 26.6 Å². The van der Waals surface area contributed by atoms with Gasteiger partial charge < -0.3 is 14.7 Å². The van der Waals surface area contributed by atoms with Crippen LogP contribution in [0.2, 0.25) is 0 Å². The van der Waals surface area contributed by atoms with Crippen LogP contribution in [0, 0.1) is 0 Å². The van der Waals surface area contributed by atoms with Crippen molar-refractivity contribution < 1.29 is 14.6 Å². The Morgan fingerprint density at radius 3 is 2.85 bits per heavy atom. The van der Waals surface area contributed by atoms with Gasteiger partial charge in [0.05, 0.1) is 6.61 Å². The number of aliphatic hydroxyl groups is 1. The second-order valence-electron chi connectivity index (χ2n) is 5.35. The van der Waals surface area contributed by atoms with E-state index in [-0.39, 0.29) is 12.5 Å². The zero-order chi connectivity index (χ0) is 14.5. The normalized spacial score (nSPS) is 15.2. The minimum absolute atomic E-state index is 0.224. The molecule has 1 unspecified atom stereocenters. The fourth-order valence-corrected chi connectivity index (χ4v) is 2.54. The van der Waals surface area contributed by atoms with Gasteiger partial charge in [0.2, 0.25) is 5.91 Å². The minimum atomic E-state index is -0.602. The van der Waals surface area contributed by atoms with E-state index in [1.54, 1.807) is 7.11 Å². The molecule has 0 bridgehead atoms. The lowest BCUT2D eigenvalue weighted by atomic mass is 10.0. The Bertz CT molecular complexity index is 473. The first kappa shape index (κ1) is 15.0. The van der Waals surface area contributed by atoms with E-state index < -0.39 is 6.10 Å². The van der Waals surface area contributed by atoms with Crippen molar-refractivity contribution >= 4 is 5.91 Å². The van der Waals surface area contributed by atoms with Crippen molar-refractivity contribution in [3.8, 4) is 0 Å². The minimum Gasteiger partial charge on any atom is -0.386 e. The number of fused-ring (bicyclic) bond motifs is 1. The van der Waals surface area contributed by atoms with Crippen molar-refractivity contribution in [2.75, 3.05) is 13.7 Å². The van der Waals surface area contributed by atoms with Crippen LogP contribution in [-0.4, -0.2) is 29.6 Å². The Labute approximate surface area is 120 Å². The third kappa shape index (κ3) is 3.38. The number of hydrogen-bond acceptors (Lipinski definition) is 3. The van der Waals surface area contributed by atoms with E-state index in [2.05, 4.69) is 6.92 Å². The number of benzene rings is 1. The highest BCUT2D eigenvalue weighted by Gasteiger charge is 2.23. The maximum atomic E-state index is 12.1. The highest BCUT2D eigenvalue weighted by Crippen LogP contribution is 2.27. The van der Waals surface area contributed by atoms with Gasteiger partial charge in [-0.2, -0.15) is 0 Å². The van der Waals surface area contributed by atoms with E-state index in [4.69, 9.17) is 4.74 Å². The van der Waals surface area contributed by atoms with Crippen LogP contribution in [0.25, 0.3) is 0 Å². The van der Waals surface area contributed by atoms with Gasteiger partial charge >= 0.3 is 0 Å². The molecule has 110 valence electrons. The molecule has 0 spiro atoms. The first-order chi connectivity index (χ1) is 9.65. The number of unbranched alkanes of at least 4 members (excludes halogenated alkanes) is 1. The number of amides is 1. The Balaban J connectivity index is 2.03. The second kappa shape index (κ2) is 6.86. The third-order valence-corrected chi connectivity index (χ3v) is 3.76. The number of ether oxygens (including phenoxy) is 1. The first-order valence-corrected chi connectivity index (χ1v) is 7.22. The maximum absolute atomic E-state index is 12.1. The fourth-order valence-electron chi connectivity index (χ4n) is 2.54. The summed E-state index contributed by atoms with van der Waals surface area (Å²) >= 11 is 0. The molecule has 1 N–H and O–H groups in total. The van der Waals surface area contributed by atoms with Crippen LogP contribution in [0.15, 0.2) is 18.2 Å². The van der Waals surface area contributed by atoms with Gasteiger partial charge in [-0.15, -0.1) is 0 Å². The van der Waals surface area contributed by atoms with Crippen LogP contribution in [0.4, 0.5) is 0 Å². The first-order valence-electron chi connectivity index (χ1n) is 7.22. The molecule has 1 heterocycles. The van der Waals surface area contributed by atoms with Gasteiger partial charge in [-0.1, -0.05) is 31.5 Å². The number of aliphatic hydroxyl groups excluding tert-OH is 1. The number of methoxy groups -OCH3 is 1. The Morgan fingerprint density at radius 2 is 2.15 bits per heavy atom. The van der Waals surface area contributed by atoms with Crippen molar-refractivity contribution in [2.45, 2.75) is 45.4 Å². The lowest BCUT2D eigenvalue weighted by Gasteiger charge is -2.14. The highest BCUT2D eigenvalue weighted by atomic mass is 16.5. The van der Waals surface area contributed by atoms with Crippen molar-refractivity contribution in [1.29, 1.82) is 0 Å². The fraction of sp³-hybridized carbons (Fsp3) is 0.562. The zero-order valence-electron chi connectivity index (χ0n) is 12.3. The molecule has 2 rings (SSSR count). The average Bonchev–Trinajstić information content (AvgIpc) is 2.87. The predicted molar refractivity (Wildman–Crippen MR) is 77.1 cm³/mol. The van der Waals surface area contributed by atoms with Crippen LogP contribution >= 0.6 is 0 Å². The topological polar surface area (TPSA) is 49.8 Å². The predicted octanol–water partition coefficient (Wildman–Crippen LogP) is 2.40. The summed E-state index contributed by atoms with van der Waals surface area (Å²) in [7, 11) is 1.57. The Hall–Kier alpha value is -1.39. The molecule has 0 aliphatic carbocycles. The smallest absolute Gasteiger partial charge is 0.223 e. The molecular formula is C16H23NO3. The monoisotopic (exact) mass is 277 g/mol. The summed E-state index contributed by atoms with van der Waals surface area (Å²) in [6, 6.07) is 5.92. The molecular weight excluding hydrogens is 254 g/mol. The second-order valence-corrected chi connectivity index (χ2v) is 5.35. The van der Waals surface area contributed by atoms with Gasteiger partial charge in [0.1, 0.15) is 6.10 Å². The summed E-state index contributed by atoms with van der Waals surface area (Å²) in [5, 5.41) is 9.94. The summed E-state index contributed by atoms with van der Waals surface area (Å²) in [4.78, 5) is 13.9. The SMILES string of the molecule is CCCCC(=O)N1Cc2ccc(C(O)COC)cc2C1. The van der Waals surface area contributed by atoms with Crippen LogP contribution in [0.3, 0.4) is 0 Å². The number of rotatable bonds is 6. The van der Waals surface area contributed by atoms with Gasteiger partial charge in [0.15, 0.2) is 0 Å². The van der Waals surface area contributed by atoms with E-state index in [1.807, 2.05) is 23.1 Å². The lowest BCUT2D eigenvalue weighted by Crippen LogP contribution is -2.24. The molecule has 4 heteroatoms. The van der Waals surface area contributed by atoms with Crippen molar-refractivity contribution in [1.82, 2.24) is 4.90 Å². The van der Waals surface area contributed by atoms with Crippen LogP contribution in [-0.2, 0) is 22.6 Å². The van der Waals surface area contributed by atoms with E-state index in [0.717, 1.165) is 24.0 Å². The molecule has 0 radical (unpaired) electrons. The molecule has 1 aromatic rings. The van der Waals surface area contributed by atoms with Gasteiger partial charge in [-0.3, -0.25) is 4.79 Å². The molecule has 1 aliphatic rings. The number of nitrogens with zero attached hydrogens (tertiary/aromatic N) is 1. The summed E-state index contributed by atoms with van der Waals surface area (Å²) in [6.07, 6.45) is 2.02. The van der Waals surface area contributed by atoms with Crippen molar-refractivity contribution in [2.24, 2.45) is 0 Å². The quantitative estimate of drug-likeness (QED) is 0.868. The van der Waals surface area contributed by atoms with Crippen LogP contribution < -0.4 is 0 Å². The number of carbonyl (C=O) groups excluding carboxylic acids is 1. The molecule has 0 aromatic heterocycles. The molecule has 20 heavy (non-hydrogen) atoms. The van der Waals surface area contributed by atoms with E-state index in [9.17, 15) is 9.90 Å². The molecule has 0 saturated heterocycles. The Morgan fingerprint density at radius 1 is 1.40 bits per heavy atom. The van der Waals surface area contributed by atoms with E-state index >= 15 is 0 Å². The standard InChI is InChI=1S/C16H23NO3/c1-3-4-5-16(19)17-9-13-7-6-12(8-14(13)10-17)15(18)11-20-2/h6-8,15,18H,3-5,9-11H2,1-2H3. The van der Waals surface area contributed by atoms with Crippen LogP contribution in [0.1, 0.15) is 49.0 Å². The zero-order valence-corrected chi connectivity index (χ0v) is 12.3. The van der Waals surface area contributed by atoms with Gasteiger partial charge in [-0.05, 0) is 23.1 Å². The summed E-state index contributed by atoms with van der Waals surface area (Å²) in [6.45, 7) is 3.73. The van der Waals surface area contributed by atoms with E-state index in [0.29, 0.717) is 19.5 Å². The van der Waals surface area contributed by atoms with Crippen LogP contribution in [0.5, 0.6) is 0 Å². The lowest BCUT2D eigenvalue weighted by molar-refractivity contribution is -0.131. The number of carbonyl (C=O) groups is 1. The van der Waals surface area contributed by atoms with E-state index in [1.165, 1.54) is 5.56 Å². The highest BCUT2D eigenvalue weighted by molar-refractivity contribution is 5.77. The maximum Gasteiger partial charge on any atom is 0.223 e. The largest absolute Gasteiger partial charge is 0.386 e. The van der Waals surface area contributed by atoms with Crippen molar-refractivity contribution in [3.05, 3.63) is 34.9 Å². The molecule has 1 aromatic carbocycles. The summed E-state index contributed by atoms with van der Waals surface area (Å²) < 4.78 is 4.97. The molecule has 1 aliphatic heterocycles.